The largest absolute Gasteiger partial charge is 0.325 e. The van der Waals surface area contributed by atoms with Gasteiger partial charge in [0.2, 0.25) is 5.91 Å². The van der Waals surface area contributed by atoms with Crippen LogP contribution >= 0.6 is 11.8 Å². The van der Waals surface area contributed by atoms with Gasteiger partial charge in [-0.1, -0.05) is 60.3 Å². The van der Waals surface area contributed by atoms with Crippen LogP contribution in [0.1, 0.15) is 22.9 Å². The molecule has 1 atom stereocenters. The molecule has 4 rings (SSSR count). The van der Waals surface area contributed by atoms with Gasteiger partial charge in [-0.05, 0) is 35.4 Å². The van der Waals surface area contributed by atoms with Crippen molar-refractivity contribution >= 4 is 34.6 Å². The molecule has 4 amide bonds. The number of carbonyl (C=O) groups excluding carboxylic acids is 3. The second kappa shape index (κ2) is 9.44. The third-order valence-corrected chi connectivity index (χ3v) is 5.64. The van der Waals surface area contributed by atoms with Crippen LogP contribution in [0.2, 0.25) is 0 Å². The average molecular weight is 433 g/mol. The Morgan fingerprint density at radius 1 is 1.00 bits per heavy atom. The van der Waals surface area contributed by atoms with Crippen molar-refractivity contribution in [2.45, 2.75) is 12.6 Å². The first kappa shape index (κ1) is 20.6. The highest BCUT2D eigenvalue weighted by Gasteiger charge is 2.29. The lowest BCUT2D eigenvalue weighted by Crippen LogP contribution is -2.33. The Morgan fingerprint density at radius 3 is 2.39 bits per heavy atom. The summed E-state index contributed by atoms with van der Waals surface area (Å²) in [7, 11) is 0. The van der Waals surface area contributed by atoms with Crippen LogP contribution < -0.4 is 10.6 Å². The zero-order valence-electron chi connectivity index (χ0n) is 16.5. The maximum atomic E-state index is 12.7. The first-order valence-corrected chi connectivity index (χ1v) is 10.7. The molecule has 0 bridgehead atoms. The number of imide groups is 1. The van der Waals surface area contributed by atoms with E-state index in [0.717, 1.165) is 28.6 Å². The first-order valence-electron chi connectivity index (χ1n) is 9.69. The molecule has 0 radical (unpaired) electrons. The average Bonchev–Trinajstić information content (AvgIpc) is 3.12. The molecule has 0 saturated carbocycles. The number of carbonyl (C=O) groups is 3. The Hall–Kier alpha value is -3.65. The summed E-state index contributed by atoms with van der Waals surface area (Å²) in [5.74, 6) is 0.00960. The summed E-state index contributed by atoms with van der Waals surface area (Å²) in [5, 5.41) is 5.56. The van der Waals surface area contributed by atoms with E-state index >= 15 is 0 Å². The quantitative estimate of drug-likeness (QED) is 0.610. The van der Waals surface area contributed by atoms with E-state index in [4.69, 9.17) is 0 Å². The van der Waals surface area contributed by atoms with Crippen molar-refractivity contribution in [3.05, 3.63) is 95.8 Å². The SMILES string of the molecule is O=C(Nc1ccc(CN2C(=O)CSC2=O)cc1)NC(c1ccccc1)c1ccccn1. The van der Waals surface area contributed by atoms with Crippen molar-refractivity contribution in [1.29, 1.82) is 0 Å². The minimum absolute atomic E-state index is 0.182. The molecular formula is C23H20N4O3S. The zero-order chi connectivity index (χ0) is 21.6. The fourth-order valence-corrected chi connectivity index (χ4v) is 3.95. The van der Waals surface area contributed by atoms with Gasteiger partial charge < -0.3 is 10.6 Å². The number of thioether (sulfide) groups is 1. The summed E-state index contributed by atoms with van der Waals surface area (Å²) in [5.41, 5.74) is 3.06. The zero-order valence-corrected chi connectivity index (χ0v) is 17.3. The van der Waals surface area contributed by atoms with Crippen LogP contribution in [0.15, 0.2) is 79.0 Å². The molecule has 1 aliphatic heterocycles. The van der Waals surface area contributed by atoms with Crippen LogP contribution in [0, 0.1) is 0 Å². The molecule has 8 heteroatoms. The minimum Gasteiger partial charge on any atom is -0.325 e. The van der Waals surface area contributed by atoms with Crippen molar-refractivity contribution in [1.82, 2.24) is 15.2 Å². The standard InChI is InChI=1S/C23H20N4O3S/c28-20-15-31-23(30)27(20)14-16-9-11-18(12-10-16)25-22(29)26-21(17-6-2-1-3-7-17)19-8-4-5-13-24-19/h1-13,21H,14-15H2,(H2,25,26,29). The highest BCUT2D eigenvalue weighted by atomic mass is 32.2. The van der Waals surface area contributed by atoms with Crippen molar-refractivity contribution < 1.29 is 14.4 Å². The van der Waals surface area contributed by atoms with Gasteiger partial charge in [0.1, 0.15) is 0 Å². The summed E-state index contributed by atoms with van der Waals surface area (Å²) in [6.07, 6.45) is 1.69. The molecule has 2 aromatic carbocycles. The number of pyridine rings is 1. The summed E-state index contributed by atoms with van der Waals surface area (Å²) >= 11 is 1.01. The lowest BCUT2D eigenvalue weighted by Gasteiger charge is -2.19. The van der Waals surface area contributed by atoms with Crippen molar-refractivity contribution in [2.24, 2.45) is 0 Å². The minimum atomic E-state index is -0.397. The molecule has 2 N–H and O–H groups in total. The Bertz CT molecular complexity index is 1020. The number of anilines is 1. The van der Waals surface area contributed by atoms with Crippen molar-refractivity contribution in [3.8, 4) is 0 Å². The number of rotatable bonds is 6. The molecule has 1 fully saturated rings. The molecule has 2 heterocycles. The number of hydrogen-bond acceptors (Lipinski definition) is 5. The lowest BCUT2D eigenvalue weighted by atomic mass is 10.0. The number of hydrogen-bond donors (Lipinski definition) is 2. The molecule has 156 valence electrons. The highest BCUT2D eigenvalue weighted by Crippen LogP contribution is 2.23. The Balaban J connectivity index is 1.42. The van der Waals surface area contributed by atoms with E-state index < -0.39 is 6.04 Å². The maximum absolute atomic E-state index is 12.7. The molecular weight excluding hydrogens is 412 g/mol. The van der Waals surface area contributed by atoms with Gasteiger partial charge in [0.15, 0.2) is 0 Å². The van der Waals surface area contributed by atoms with E-state index in [2.05, 4.69) is 15.6 Å². The Morgan fingerprint density at radius 2 is 1.74 bits per heavy atom. The Labute approximate surface area is 183 Å². The number of aromatic nitrogens is 1. The van der Waals surface area contributed by atoms with Gasteiger partial charge in [-0.25, -0.2) is 4.79 Å². The molecule has 1 saturated heterocycles. The normalized spacial score (nSPS) is 14.4. The van der Waals surface area contributed by atoms with Gasteiger partial charge >= 0.3 is 6.03 Å². The maximum Gasteiger partial charge on any atom is 0.320 e. The Kier molecular flexibility index (Phi) is 6.28. The van der Waals surface area contributed by atoms with E-state index in [0.29, 0.717) is 5.69 Å². The molecule has 0 spiro atoms. The predicted octanol–water partition coefficient (Wildman–Crippen LogP) is 4.19. The van der Waals surface area contributed by atoms with E-state index in [1.54, 1.807) is 30.5 Å². The predicted molar refractivity (Wildman–Crippen MR) is 120 cm³/mol. The monoisotopic (exact) mass is 432 g/mol. The number of amides is 4. The van der Waals surface area contributed by atoms with Crippen LogP contribution in [0.3, 0.4) is 0 Å². The summed E-state index contributed by atoms with van der Waals surface area (Å²) in [6.45, 7) is 0.229. The second-order valence-electron chi connectivity index (χ2n) is 6.93. The molecule has 7 nitrogen and oxygen atoms in total. The molecule has 0 aliphatic carbocycles. The first-order chi connectivity index (χ1) is 15.1. The third kappa shape index (κ3) is 5.10. The van der Waals surface area contributed by atoms with Crippen LogP contribution in [0.5, 0.6) is 0 Å². The molecule has 31 heavy (non-hydrogen) atoms. The fraction of sp³-hybridized carbons (Fsp3) is 0.130. The molecule has 3 aromatic rings. The number of urea groups is 1. The van der Waals surface area contributed by atoms with Gasteiger partial charge in [-0.2, -0.15) is 0 Å². The number of nitrogens with one attached hydrogen (secondary N) is 2. The summed E-state index contributed by atoms with van der Waals surface area (Å²) < 4.78 is 0. The van der Waals surface area contributed by atoms with Gasteiger partial charge in [0.05, 0.1) is 24.0 Å². The van der Waals surface area contributed by atoms with E-state index in [1.165, 1.54) is 4.90 Å². The van der Waals surface area contributed by atoms with Gasteiger partial charge in [-0.15, -0.1) is 0 Å². The van der Waals surface area contributed by atoms with E-state index in [9.17, 15) is 14.4 Å². The van der Waals surface area contributed by atoms with Crippen LogP contribution in [0.25, 0.3) is 0 Å². The van der Waals surface area contributed by atoms with Crippen LogP contribution in [-0.4, -0.2) is 32.8 Å². The molecule has 1 unspecified atom stereocenters. The van der Waals surface area contributed by atoms with Gasteiger partial charge in [-0.3, -0.25) is 19.5 Å². The molecule has 1 aromatic heterocycles. The second-order valence-corrected chi connectivity index (χ2v) is 7.85. The highest BCUT2D eigenvalue weighted by molar-refractivity contribution is 8.14. The van der Waals surface area contributed by atoms with Gasteiger partial charge in [0.25, 0.3) is 5.24 Å². The fourth-order valence-electron chi connectivity index (χ4n) is 3.23. The van der Waals surface area contributed by atoms with Crippen molar-refractivity contribution in [3.63, 3.8) is 0 Å². The van der Waals surface area contributed by atoms with Crippen LogP contribution in [-0.2, 0) is 11.3 Å². The number of nitrogens with zero attached hydrogens (tertiary/aromatic N) is 2. The van der Waals surface area contributed by atoms with Crippen LogP contribution in [0.4, 0.5) is 15.3 Å². The summed E-state index contributed by atoms with van der Waals surface area (Å²) in [6, 6.07) is 21.5. The topological polar surface area (TPSA) is 91.4 Å². The van der Waals surface area contributed by atoms with E-state index in [1.807, 2.05) is 48.5 Å². The van der Waals surface area contributed by atoms with Gasteiger partial charge in [0, 0.05) is 11.9 Å². The smallest absolute Gasteiger partial charge is 0.320 e. The number of benzene rings is 2. The van der Waals surface area contributed by atoms with Crippen molar-refractivity contribution in [2.75, 3.05) is 11.1 Å². The van der Waals surface area contributed by atoms with E-state index in [-0.39, 0.29) is 29.5 Å². The summed E-state index contributed by atoms with van der Waals surface area (Å²) in [4.78, 5) is 41.8. The third-order valence-electron chi connectivity index (χ3n) is 4.78. The lowest BCUT2D eigenvalue weighted by molar-refractivity contribution is -0.125. The molecule has 1 aliphatic rings.